The topological polar surface area (TPSA) is 126 Å². The third-order valence-electron chi connectivity index (χ3n) is 6.89. The van der Waals surface area contributed by atoms with Gasteiger partial charge in [0.05, 0.1) is 50.1 Å². The van der Waals surface area contributed by atoms with E-state index >= 15 is 4.39 Å². The van der Waals surface area contributed by atoms with Crippen LogP contribution in [-0.2, 0) is 24.3 Å². The number of nitrogens with zero attached hydrogens (tertiary/aromatic N) is 2. The van der Waals surface area contributed by atoms with Gasteiger partial charge in [-0.05, 0) is 37.1 Å². The van der Waals surface area contributed by atoms with Gasteiger partial charge in [0.15, 0.2) is 23.1 Å². The van der Waals surface area contributed by atoms with Crippen LogP contribution in [0, 0.1) is 5.82 Å². The molecule has 0 aliphatic carbocycles. The Morgan fingerprint density at radius 1 is 1.09 bits per heavy atom. The number of benzene rings is 2. The highest BCUT2D eigenvalue weighted by Crippen LogP contribution is 2.39. The van der Waals surface area contributed by atoms with Gasteiger partial charge in [0, 0.05) is 49.1 Å². The number of ether oxygens (including phenoxy) is 5. The third-order valence-corrected chi connectivity index (χ3v) is 9.70. The van der Waals surface area contributed by atoms with Crippen molar-refractivity contribution >= 4 is 44.3 Å². The van der Waals surface area contributed by atoms with E-state index in [4.69, 9.17) is 18.9 Å². The summed E-state index contributed by atoms with van der Waals surface area (Å²) in [6.45, 7) is 4.74. The van der Waals surface area contributed by atoms with Gasteiger partial charge < -0.3 is 23.7 Å². The molecule has 1 saturated heterocycles. The van der Waals surface area contributed by atoms with Gasteiger partial charge in [-0.1, -0.05) is 0 Å². The number of anilines is 1. The van der Waals surface area contributed by atoms with Gasteiger partial charge in [0.1, 0.15) is 10.7 Å². The van der Waals surface area contributed by atoms with E-state index < -0.39 is 21.8 Å². The predicted octanol–water partition coefficient (Wildman–Crippen LogP) is 4.54. The molecule has 5 rings (SSSR count). The number of sulfonamides is 1. The number of allylic oxidation sites excluding steroid dienone is 1. The van der Waals surface area contributed by atoms with Gasteiger partial charge in [-0.2, -0.15) is 0 Å². The Bertz CT molecular complexity index is 1630. The van der Waals surface area contributed by atoms with Gasteiger partial charge in [-0.15, -0.1) is 11.8 Å². The predicted molar refractivity (Wildman–Crippen MR) is 161 cm³/mol. The number of nitrogens with one attached hydrogen (secondary N) is 1. The minimum Gasteiger partial charge on any atom is -0.493 e. The minimum absolute atomic E-state index is 0.0184. The van der Waals surface area contributed by atoms with Crippen LogP contribution in [-0.4, -0.2) is 83.7 Å². The summed E-state index contributed by atoms with van der Waals surface area (Å²) in [4.78, 5) is 18.7. The first-order chi connectivity index (χ1) is 20.8. The monoisotopic (exact) mass is 633 g/mol. The maximum atomic E-state index is 15.1. The SMILES string of the molecule is COC(=O)C1=C(S(=O)(=O)Nc2ccc(Oc3ccnc4cc(OCCCN5CCOCC5)c(OC)cc34)c(F)c2)CCS1. The third kappa shape index (κ3) is 7.32. The number of hydrogen-bond acceptors (Lipinski definition) is 11. The molecule has 230 valence electrons. The van der Waals surface area contributed by atoms with Crippen molar-refractivity contribution in [1.82, 2.24) is 9.88 Å². The second-order valence-corrected chi connectivity index (χ2v) is 12.5. The summed E-state index contributed by atoms with van der Waals surface area (Å²) in [5.41, 5.74) is 0.547. The van der Waals surface area contributed by atoms with Gasteiger partial charge in [0.25, 0.3) is 10.0 Å². The molecule has 11 nitrogen and oxygen atoms in total. The number of fused-ring (bicyclic) bond motifs is 1. The fourth-order valence-corrected chi connectivity index (χ4v) is 7.60. The summed E-state index contributed by atoms with van der Waals surface area (Å²) in [5.74, 6) is 0.133. The maximum absolute atomic E-state index is 15.1. The number of morpholine rings is 1. The summed E-state index contributed by atoms with van der Waals surface area (Å²) in [6, 6.07) is 8.79. The molecule has 1 aromatic heterocycles. The van der Waals surface area contributed by atoms with Crippen molar-refractivity contribution in [2.24, 2.45) is 0 Å². The van der Waals surface area contributed by atoms with Crippen LogP contribution in [0.15, 0.2) is 52.4 Å². The molecule has 0 bridgehead atoms. The molecule has 1 N–H and O–H groups in total. The molecule has 3 aromatic rings. The van der Waals surface area contributed by atoms with E-state index in [9.17, 15) is 13.2 Å². The largest absolute Gasteiger partial charge is 0.493 e. The van der Waals surface area contributed by atoms with Gasteiger partial charge in [0.2, 0.25) is 0 Å². The Morgan fingerprint density at radius 2 is 1.91 bits per heavy atom. The molecule has 43 heavy (non-hydrogen) atoms. The van der Waals surface area contributed by atoms with Crippen LogP contribution in [0.25, 0.3) is 10.9 Å². The summed E-state index contributed by atoms with van der Waals surface area (Å²) < 4.78 is 70.9. The number of methoxy groups -OCH3 is 2. The number of aromatic nitrogens is 1. The summed E-state index contributed by atoms with van der Waals surface area (Å²) in [5, 5.41) is 0.574. The van der Waals surface area contributed by atoms with Crippen molar-refractivity contribution < 1.29 is 41.3 Å². The zero-order chi connectivity index (χ0) is 30.4. The van der Waals surface area contributed by atoms with E-state index in [0.29, 0.717) is 40.5 Å². The quantitative estimate of drug-likeness (QED) is 0.223. The van der Waals surface area contributed by atoms with E-state index in [-0.39, 0.29) is 27.7 Å². The Morgan fingerprint density at radius 3 is 2.65 bits per heavy atom. The van der Waals surface area contributed by atoms with Crippen LogP contribution >= 0.6 is 11.8 Å². The summed E-state index contributed by atoms with van der Waals surface area (Å²) in [7, 11) is -1.38. The van der Waals surface area contributed by atoms with Gasteiger partial charge in [-0.3, -0.25) is 14.6 Å². The van der Waals surface area contributed by atoms with Crippen LogP contribution in [0.5, 0.6) is 23.0 Å². The van der Waals surface area contributed by atoms with Crippen LogP contribution in [0.3, 0.4) is 0 Å². The lowest BCUT2D eigenvalue weighted by Gasteiger charge is -2.26. The maximum Gasteiger partial charge on any atom is 0.345 e. The lowest BCUT2D eigenvalue weighted by Crippen LogP contribution is -2.37. The average molecular weight is 634 g/mol. The molecule has 0 spiro atoms. The highest BCUT2D eigenvalue weighted by atomic mass is 32.2. The number of thioether (sulfide) groups is 1. The smallest absolute Gasteiger partial charge is 0.345 e. The van der Waals surface area contributed by atoms with Crippen molar-refractivity contribution in [1.29, 1.82) is 0 Å². The van der Waals surface area contributed by atoms with Crippen molar-refractivity contribution in [3.8, 4) is 23.0 Å². The first kappa shape index (κ1) is 30.9. The number of halogens is 1. The minimum atomic E-state index is -4.10. The lowest BCUT2D eigenvalue weighted by atomic mass is 10.1. The number of esters is 1. The number of pyridine rings is 1. The van der Waals surface area contributed by atoms with Crippen molar-refractivity contribution in [2.75, 3.05) is 64.1 Å². The first-order valence-electron chi connectivity index (χ1n) is 13.6. The highest BCUT2D eigenvalue weighted by Gasteiger charge is 2.31. The van der Waals surface area contributed by atoms with Crippen LogP contribution in [0.2, 0.25) is 0 Å². The molecule has 3 heterocycles. The molecule has 2 aliphatic heterocycles. The van der Waals surface area contributed by atoms with E-state index in [1.807, 2.05) is 0 Å². The number of hydrogen-bond donors (Lipinski definition) is 1. The Kier molecular flexibility index (Phi) is 9.90. The lowest BCUT2D eigenvalue weighted by molar-refractivity contribution is -0.135. The second kappa shape index (κ2) is 13.8. The van der Waals surface area contributed by atoms with E-state index in [0.717, 1.165) is 57.1 Å². The van der Waals surface area contributed by atoms with Crippen LogP contribution in [0.4, 0.5) is 10.1 Å². The van der Waals surface area contributed by atoms with Crippen molar-refractivity contribution in [3.63, 3.8) is 0 Å². The molecule has 2 aromatic carbocycles. The molecular weight excluding hydrogens is 601 g/mol. The molecule has 0 atom stereocenters. The molecule has 2 aliphatic rings. The van der Waals surface area contributed by atoms with Crippen LogP contribution < -0.4 is 18.9 Å². The summed E-state index contributed by atoms with van der Waals surface area (Å²) in [6.07, 6.45) is 2.54. The van der Waals surface area contributed by atoms with Crippen molar-refractivity contribution in [2.45, 2.75) is 12.8 Å². The van der Waals surface area contributed by atoms with Crippen LogP contribution in [0.1, 0.15) is 12.8 Å². The fourth-order valence-electron chi connectivity index (χ4n) is 4.73. The van der Waals surface area contributed by atoms with Gasteiger partial charge in [-0.25, -0.2) is 17.6 Å². The zero-order valence-electron chi connectivity index (χ0n) is 23.8. The Hall–Kier alpha value is -3.59. The molecular formula is C29H32FN3O8S2. The molecule has 1 fully saturated rings. The standard InChI is InChI=1S/C29H32FN3O8S2/c1-37-25-17-20-22(18-26(25)40-12-3-9-33-10-13-39-14-11-33)31-8-6-23(20)41-24-5-4-19(16-21(24)30)32-43(35,36)27-7-15-42-28(27)29(34)38-2/h4-6,8,16-18,32H,3,7,9-15H2,1-2H3. The number of rotatable bonds is 12. The second-order valence-electron chi connectivity index (χ2n) is 9.68. The first-order valence-corrected chi connectivity index (χ1v) is 16.1. The fraction of sp³-hybridized carbons (Fsp3) is 0.379. The number of carbonyl (C=O) groups excluding carboxylic acids is 1. The number of carbonyl (C=O) groups is 1. The highest BCUT2D eigenvalue weighted by molar-refractivity contribution is 8.06. The van der Waals surface area contributed by atoms with E-state index in [2.05, 4.69) is 19.3 Å². The molecule has 0 saturated carbocycles. The molecule has 0 amide bonds. The summed E-state index contributed by atoms with van der Waals surface area (Å²) >= 11 is 1.11. The molecule has 0 radical (unpaired) electrons. The average Bonchev–Trinajstić information content (AvgIpc) is 3.52. The van der Waals surface area contributed by atoms with E-state index in [1.54, 1.807) is 24.4 Å². The Balaban J connectivity index is 1.29. The zero-order valence-corrected chi connectivity index (χ0v) is 25.4. The Labute approximate surface area is 253 Å². The normalized spacial score (nSPS) is 15.9. The molecule has 0 unspecified atom stereocenters. The molecule has 14 heteroatoms. The van der Waals surface area contributed by atoms with Crippen molar-refractivity contribution in [3.05, 3.63) is 58.2 Å². The van der Waals surface area contributed by atoms with E-state index in [1.165, 1.54) is 26.4 Å². The van der Waals surface area contributed by atoms with Gasteiger partial charge >= 0.3 is 5.97 Å².